The van der Waals surface area contributed by atoms with Gasteiger partial charge in [0.25, 0.3) is 17.4 Å². The number of amides is 2. The molecule has 0 spiro atoms. The van der Waals surface area contributed by atoms with Crippen molar-refractivity contribution in [2.75, 3.05) is 31.8 Å². The van der Waals surface area contributed by atoms with Crippen LogP contribution in [0.1, 0.15) is 0 Å². The molecule has 0 unspecified atom stereocenters. The van der Waals surface area contributed by atoms with Gasteiger partial charge in [-0.3, -0.25) is 14.5 Å². The number of carbonyl (C=O) groups excluding carboxylic acids is 3. The van der Waals surface area contributed by atoms with Crippen LogP contribution in [0, 0.1) is 0 Å². The minimum Gasteiger partial charge on any atom is -0.543 e. The smallest absolute Gasteiger partial charge is 0.543 e. The van der Waals surface area contributed by atoms with E-state index in [0.29, 0.717) is 5.16 Å². The van der Waals surface area contributed by atoms with Crippen LogP contribution >= 0.6 is 23.5 Å². The van der Waals surface area contributed by atoms with E-state index < -0.39 is 46.9 Å². The number of tetrazole rings is 1. The van der Waals surface area contributed by atoms with Gasteiger partial charge >= 0.3 is 29.6 Å². The molecular formula is C15H17F2N6NaO7S2. The summed E-state index contributed by atoms with van der Waals surface area (Å²) in [7, 11) is 1.09. The molecule has 3 rings (SSSR count). The quantitative estimate of drug-likeness (QED) is 0.123. The number of hydrogen-bond donors (Lipinski definition) is 2. The molecule has 2 amide bonds. The van der Waals surface area contributed by atoms with Gasteiger partial charge in [-0.2, -0.15) is 8.78 Å². The number of nitrogens with one attached hydrogen (secondary N) is 1. The largest absolute Gasteiger partial charge is 1.00 e. The molecule has 3 heterocycles. The predicted octanol–water partition coefficient (Wildman–Crippen LogP) is -5.62. The van der Waals surface area contributed by atoms with Crippen molar-refractivity contribution < 1.29 is 72.4 Å². The first-order chi connectivity index (χ1) is 15.2. The number of β-lactam (4-membered cyclic amide) rings is 1. The molecular weight excluding hydrogens is 501 g/mol. The zero-order valence-electron chi connectivity index (χ0n) is 17.4. The number of halogens is 2. The topological polar surface area (TPSA) is 172 Å². The predicted molar refractivity (Wildman–Crippen MR) is 101 cm³/mol. The van der Waals surface area contributed by atoms with Crippen LogP contribution in [0.4, 0.5) is 8.78 Å². The van der Waals surface area contributed by atoms with E-state index in [4.69, 9.17) is 14.6 Å². The molecule has 0 saturated carbocycles. The monoisotopic (exact) mass is 518 g/mol. The Morgan fingerprint density at radius 2 is 2.21 bits per heavy atom. The number of aliphatic hydroxyl groups excluding tert-OH is 1. The van der Waals surface area contributed by atoms with Crippen molar-refractivity contribution in [1.29, 1.82) is 0 Å². The number of thioether (sulfide) groups is 2. The Bertz CT molecular complexity index is 938. The van der Waals surface area contributed by atoms with Crippen LogP contribution in [-0.4, -0.2) is 97.5 Å². The second-order valence-corrected chi connectivity index (χ2v) is 8.26. The molecule has 0 bridgehead atoms. The van der Waals surface area contributed by atoms with Gasteiger partial charge in [0.05, 0.1) is 37.2 Å². The third kappa shape index (κ3) is 5.67. The first-order valence-corrected chi connectivity index (χ1v) is 10.9. The van der Waals surface area contributed by atoms with Crippen molar-refractivity contribution in [3.8, 4) is 0 Å². The number of rotatable bonds is 11. The summed E-state index contributed by atoms with van der Waals surface area (Å²) in [5.41, 5.74) is -2.32. The van der Waals surface area contributed by atoms with Crippen LogP contribution in [0.2, 0.25) is 0 Å². The number of ether oxygens (including phenoxy) is 2. The van der Waals surface area contributed by atoms with E-state index in [0.717, 1.165) is 23.8 Å². The molecule has 176 valence electrons. The molecule has 2 aliphatic rings. The van der Waals surface area contributed by atoms with E-state index in [9.17, 15) is 28.3 Å². The second kappa shape index (κ2) is 11.9. The summed E-state index contributed by atoms with van der Waals surface area (Å²) < 4.78 is 36.6. The molecule has 0 aliphatic carbocycles. The molecule has 2 aliphatic heterocycles. The Labute approximate surface area is 215 Å². The number of fused-ring (bicyclic) bond motifs is 1. The third-order valence-electron chi connectivity index (χ3n) is 4.48. The van der Waals surface area contributed by atoms with Crippen molar-refractivity contribution >= 4 is 41.3 Å². The van der Waals surface area contributed by atoms with E-state index in [1.54, 1.807) is 0 Å². The zero-order valence-corrected chi connectivity index (χ0v) is 21.0. The van der Waals surface area contributed by atoms with E-state index in [1.165, 1.54) is 4.68 Å². The Morgan fingerprint density at radius 3 is 2.82 bits per heavy atom. The summed E-state index contributed by atoms with van der Waals surface area (Å²) in [5, 5.41) is 34.3. The van der Waals surface area contributed by atoms with Crippen molar-refractivity contribution in [1.82, 2.24) is 30.4 Å². The van der Waals surface area contributed by atoms with E-state index in [-0.39, 0.29) is 72.4 Å². The maximum atomic E-state index is 12.8. The van der Waals surface area contributed by atoms with E-state index >= 15 is 0 Å². The number of aliphatic carboxylic acids is 1. The number of aliphatic hydroxyl groups is 1. The zero-order chi connectivity index (χ0) is 23.5. The number of carboxylic acids is 1. The fraction of sp³-hybridized carbons (Fsp3) is 0.600. The van der Waals surface area contributed by atoms with Crippen molar-refractivity contribution in [2.45, 2.75) is 29.4 Å². The minimum atomic E-state index is -2.79. The Morgan fingerprint density at radius 1 is 1.48 bits per heavy atom. The standard InChI is InChI=1S/C15H18F2N6O7S2.Na/c1-29-15(18-8(25)6-31-13(16)17)11(28)23-9(10(26)27)7(4-30-12(15)23)5-32-14-19-20-21-22(14)2-3-24;/h12-13,24H,2-6H2,1H3,(H,18,25)(H,26,27);/q;+1/p-1/t12-,15-;/m0./s1. The fourth-order valence-corrected chi connectivity index (χ4v) is 4.36. The van der Waals surface area contributed by atoms with Crippen LogP contribution in [0.5, 0.6) is 0 Å². The van der Waals surface area contributed by atoms with Gasteiger partial charge < -0.3 is 29.8 Å². The normalized spacial score (nSPS) is 22.0. The minimum absolute atomic E-state index is 0. The molecule has 1 saturated heterocycles. The maximum Gasteiger partial charge on any atom is 1.00 e. The van der Waals surface area contributed by atoms with Crippen LogP contribution in [0.15, 0.2) is 16.4 Å². The van der Waals surface area contributed by atoms with Crippen LogP contribution in [0.3, 0.4) is 0 Å². The third-order valence-corrected chi connectivity index (χ3v) is 6.20. The Kier molecular flexibility index (Phi) is 10.0. The summed E-state index contributed by atoms with van der Waals surface area (Å²) in [6.07, 6.45) is -1.33. The molecule has 0 radical (unpaired) electrons. The molecule has 0 aromatic carbocycles. The van der Waals surface area contributed by atoms with Gasteiger partial charge in [-0.1, -0.05) is 23.5 Å². The Balaban J connectivity index is 0.00000385. The number of aromatic nitrogens is 4. The number of methoxy groups -OCH3 is 1. The van der Waals surface area contributed by atoms with Gasteiger partial charge in [0, 0.05) is 12.9 Å². The first kappa shape index (κ1) is 27.9. The Hall–Kier alpha value is -1.34. The maximum absolute atomic E-state index is 12.8. The van der Waals surface area contributed by atoms with Gasteiger partial charge in [-0.05, 0) is 16.0 Å². The average Bonchev–Trinajstić information content (AvgIpc) is 3.20. The molecule has 1 aromatic rings. The molecule has 33 heavy (non-hydrogen) atoms. The van der Waals surface area contributed by atoms with E-state index in [1.807, 2.05) is 0 Å². The molecule has 13 nitrogen and oxygen atoms in total. The van der Waals surface area contributed by atoms with Crippen LogP contribution in [-0.2, 0) is 30.4 Å². The number of hydrogen-bond acceptors (Lipinski definition) is 12. The molecule has 18 heteroatoms. The molecule has 1 fully saturated rings. The second-order valence-electron chi connectivity index (χ2n) is 6.33. The first-order valence-electron chi connectivity index (χ1n) is 8.89. The summed E-state index contributed by atoms with van der Waals surface area (Å²) in [5.74, 6) is -6.93. The SMILES string of the molecule is CO[C@@]1(NC(=O)CSC(F)F)C(=O)N2C(C(=O)[O-])=C(CSc3nnnn3CCO)CO[C@H]21.[Na+]. The number of carbonyl (C=O) groups is 3. The van der Waals surface area contributed by atoms with Gasteiger partial charge in [-0.15, -0.1) is 5.10 Å². The summed E-state index contributed by atoms with van der Waals surface area (Å²) in [4.78, 5) is 37.4. The summed E-state index contributed by atoms with van der Waals surface area (Å²) >= 11 is 1.10. The molecule has 2 atom stereocenters. The van der Waals surface area contributed by atoms with Gasteiger partial charge in [0.1, 0.15) is 0 Å². The van der Waals surface area contributed by atoms with Crippen molar-refractivity contribution in [3.63, 3.8) is 0 Å². The number of carboxylic acid groups (broad SMARTS) is 1. The number of alkyl halides is 2. The van der Waals surface area contributed by atoms with Crippen LogP contribution < -0.4 is 40.0 Å². The number of nitrogens with zero attached hydrogens (tertiary/aromatic N) is 5. The van der Waals surface area contributed by atoms with Crippen molar-refractivity contribution in [2.24, 2.45) is 0 Å². The van der Waals surface area contributed by atoms with Crippen molar-refractivity contribution in [3.05, 3.63) is 11.3 Å². The fourth-order valence-electron chi connectivity index (χ4n) is 3.11. The van der Waals surface area contributed by atoms with Crippen LogP contribution in [0.25, 0.3) is 0 Å². The molecule has 1 aromatic heterocycles. The summed E-state index contributed by atoms with van der Waals surface area (Å²) in [6.45, 7) is -0.330. The van der Waals surface area contributed by atoms with Gasteiger partial charge in [0.2, 0.25) is 11.1 Å². The average molecular weight is 518 g/mol. The van der Waals surface area contributed by atoms with Gasteiger partial charge in [-0.25, -0.2) is 4.68 Å². The van der Waals surface area contributed by atoms with Gasteiger partial charge in [0.15, 0.2) is 6.23 Å². The van der Waals surface area contributed by atoms with E-state index in [2.05, 4.69) is 20.8 Å². The molecule has 2 N–H and O–H groups in total. The summed E-state index contributed by atoms with van der Waals surface area (Å²) in [6, 6.07) is 0.